The van der Waals surface area contributed by atoms with Gasteiger partial charge in [0.05, 0.1) is 6.07 Å². The molecular weight excluding hydrogens is 298 g/mol. The van der Waals surface area contributed by atoms with Crippen molar-refractivity contribution in [2.45, 2.75) is 65.2 Å². The number of hydrogen-bond donors (Lipinski definition) is 0. The summed E-state index contributed by atoms with van der Waals surface area (Å²) in [7, 11) is 0. The molecule has 4 aliphatic rings. The van der Waals surface area contributed by atoms with E-state index in [1.54, 1.807) is 6.08 Å². The van der Waals surface area contributed by atoms with E-state index in [0.717, 1.165) is 32.1 Å². The largest absolute Gasteiger partial charge is 0.300 e. The molecule has 4 saturated carbocycles. The Balaban J connectivity index is 1.71. The summed E-state index contributed by atoms with van der Waals surface area (Å²) in [4.78, 5) is 25.2. The Morgan fingerprint density at radius 2 is 1.96 bits per heavy atom. The Bertz CT molecular complexity index is 672. The summed E-state index contributed by atoms with van der Waals surface area (Å²) in [6.45, 7) is 4.52. The first-order chi connectivity index (χ1) is 11.4. The number of rotatable bonds is 0. The van der Waals surface area contributed by atoms with Gasteiger partial charge in [0.15, 0.2) is 0 Å². The van der Waals surface area contributed by atoms with Gasteiger partial charge in [-0.15, -0.1) is 0 Å². The molecule has 0 aliphatic heterocycles. The van der Waals surface area contributed by atoms with Gasteiger partial charge < -0.3 is 0 Å². The molecule has 0 N–H and O–H groups in total. The first-order valence-electron chi connectivity index (χ1n) is 9.53. The van der Waals surface area contributed by atoms with E-state index in [2.05, 4.69) is 19.9 Å². The number of carbonyl (C=O) groups excluding carboxylic acids is 2. The minimum absolute atomic E-state index is 0.0247. The molecule has 3 heteroatoms. The van der Waals surface area contributed by atoms with Gasteiger partial charge in [-0.1, -0.05) is 19.4 Å². The van der Waals surface area contributed by atoms with Crippen LogP contribution in [0.1, 0.15) is 65.2 Å². The lowest BCUT2D eigenvalue weighted by molar-refractivity contribution is -0.156. The number of carbonyl (C=O) groups is 2. The predicted octanol–water partition coefficient (Wildman–Crippen LogP) is 4.23. The van der Waals surface area contributed by atoms with Crippen LogP contribution in [0, 0.1) is 45.8 Å². The molecule has 0 heterocycles. The Morgan fingerprint density at radius 3 is 2.71 bits per heavy atom. The average molecular weight is 325 g/mol. The van der Waals surface area contributed by atoms with Crippen LogP contribution in [0.5, 0.6) is 0 Å². The summed E-state index contributed by atoms with van der Waals surface area (Å²) in [6, 6.07) is 2.20. The zero-order valence-corrected chi connectivity index (χ0v) is 14.8. The summed E-state index contributed by atoms with van der Waals surface area (Å²) in [5.41, 5.74) is 1.13. The maximum atomic E-state index is 13.3. The van der Waals surface area contributed by atoms with Crippen LogP contribution in [0.4, 0.5) is 0 Å². The fourth-order valence-electron chi connectivity index (χ4n) is 7.02. The number of allylic oxidation sites excluding steroid dienone is 2. The Kier molecular flexibility index (Phi) is 3.53. The lowest BCUT2D eigenvalue weighted by atomic mass is 9.45. The first kappa shape index (κ1) is 16.1. The van der Waals surface area contributed by atoms with E-state index in [4.69, 9.17) is 5.26 Å². The normalized spacial score (nSPS) is 49.3. The van der Waals surface area contributed by atoms with Crippen molar-refractivity contribution in [3.05, 3.63) is 11.6 Å². The molecule has 3 nitrogen and oxygen atoms in total. The number of nitrogens with zero attached hydrogens (tertiary/aromatic N) is 1. The van der Waals surface area contributed by atoms with Gasteiger partial charge in [-0.25, -0.2) is 0 Å². The number of Topliss-reactive ketones (excluding diaryl/α,β-unsaturated/α-hetero) is 2. The average Bonchev–Trinajstić information content (AvgIpc) is 2.84. The molecule has 6 unspecified atom stereocenters. The highest BCUT2D eigenvalue weighted by Crippen LogP contribution is 2.66. The van der Waals surface area contributed by atoms with E-state index < -0.39 is 0 Å². The van der Waals surface area contributed by atoms with E-state index in [9.17, 15) is 9.59 Å². The molecule has 4 rings (SSSR count). The van der Waals surface area contributed by atoms with Crippen LogP contribution in [0.15, 0.2) is 11.6 Å². The van der Waals surface area contributed by atoms with E-state index in [0.29, 0.717) is 48.6 Å². The Labute approximate surface area is 144 Å². The van der Waals surface area contributed by atoms with Crippen LogP contribution in [0.25, 0.3) is 0 Å². The van der Waals surface area contributed by atoms with E-state index >= 15 is 0 Å². The standard InChI is InChI=1S/C21H27NO2/c1-20-9-7-15(23)11-14(20)3-5-16-17-6-4-13(8-10-22)21(17,2)12-18(24)19(16)20/h8,14,16-17,19H,3-7,9,11-12H2,1-2H3/b13-8-. The highest BCUT2D eigenvalue weighted by atomic mass is 16.1. The lowest BCUT2D eigenvalue weighted by Crippen LogP contribution is -2.56. The molecule has 0 amide bonds. The van der Waals surface area contributed by atoms with Crippen LogP contribution in [0.3, 0.4) is 0 Å². The fourth-order valence-corrected chi connectivity index (χ4v) is 7.02. The van der Waals surface area contributed by atoms with Crippen molar-refractivity contribution < 1.29 is 9.59 Å². The van der Waals surface area contributed by atoms with Crippen LogP contribution in [-0.2, 0) is 9.59 Å². The maximum Gasteiger partial charge on any atom is 0.137 e. The molecule has 0 spiro atoms. The molecule has 0 aromatic carbocycles. The van der Waals surface area contributed by atoms with E-state index in [-0.39, 0.29) is 16.7 Å². The van der Waals surface area contributed by atoms with Crippen molar-refractivity contribution in [2.24, 2.45) is 34.5 Å². The van der Waals surface area contributed by atoms with Gasteiger partial charge in [-0.05, 0) is 60.7 Å². The van der Waals surface area contributed by atoms with Crippen molar-refractivity contribution in [1.29, 1.82) is 5.26 Å². The molecule has 0 bridgehead atoms. The maximum absolute atomic E-state index is 13.3. The molecule has 0 radical (unpaired) electrons. The fraction of sp³-hybridized carbons (Fsp3) is 0.762. The van der Waals surface area contributed by atoms with E-state index in [1.165, 1.54) is 5.57 Å². The summed E-state index contributed by atoms with van der Waals surface area (Å²) in [5, 5.41) is 9.11. The molecule has 128 valence electrons. The highest BCUT2D eigenvalue weighted by molar-refractivity contribution is 5.86. The molecule has 0 aromatic heterocycles. The third kappa shape index (κ3) is 2.01. The quantitative estimate of drug-likeness (QED) is 0.626. The van der Waals surface area contributed by atoms with Gasteiger partial charge in [-0.3, -0.25) is 9.59 Å². The molecule has 0 saturated heterocycles. The Hall–Kier alpha value is -1.43. The Morgan fingerprint density at radius 1 is 1.17 bits per heavy atom. The summed E-state index contributed by atoms with van der Waals surface area (Å²) >= 11 is 0. The van der Waals surface area contributed by atoms with Gasteiger partial charge >= 0.3 is 0 Å². The number of fused-ring (bicyclic) bond motifs is 5. The van der Waals surface area contributed by atoms with Crippen LogP contribution >= 0.6 is 0 Å². The van der Waals surface area contributed by atoms with Crippen molar-refractivity contribution in [3.8, 4) is 6.07 Å². The summed E-state index contributed by atoms with van der Waals surface area (Å²) in [6.07, 6.45) is 8.84. The second kappa shape index (κ2) is 5.28. The van der Waals surface area contributed by atoms with Crippen LogP contribution < -0.4 is 0 Å². The molecular formula is C21H27NO2. The third-order valence-electron chi connectivity index (χ3n) is 8.26. The first-order valence-corrected chi connectivity index (χ1v) is 9.53. The molecule has 4 aliphatic carbocycles. The molecule has 0 aromatic rings. The minimum Gasteiger partial charge on any atom is -0.300 e. The predicted molar refractivity (Wildman–Crippen MR) is 90.8 cm³/mol. The van der Waals surface area contributed by atoms with E-state index in [1.807, 2.05) is 0 Å². The summed E-state index contributed by atoms with van der Waals surface area (Å²) < 4.78 is 0. The lowest BCUT2D eigenvalue weighted by Gasteiger charge is -2.58. The number of nitriles is 1. The third-order valence-corrected chi connectivity index (χ3v) is 8.26. The number of hydrogen-bond acceptors (Lipinski definition) is 3. The summed E-state index contributed by atoms with van der Waals surface area (Å²) in [5.74, 6) is 2.34. The molecule has 6 atom stereocenters. The zero-order valence-electron chi connectivity index (χ0n) is 14.8. The van der Waals surface area contributed by atoms with Crippen LogP contribution in [0.2, 0.25) is 0 Å². The van der Waals surface area contributed by atoms with Crippen molar-refractivity contribution in [1.82, 2.24) is 0 Å². The smallest absolute Gasteiger partial charge is 0.137 e. The van der Waals surface area contributed by atoms with Gasteiger partial charge in [0.2, 0.25) is 0 Å². The number of ketones is 2. The van der Waals surface area contributed by atoms with Crippen molar-refractivity contribution in [2.75, 3.05) is 0 Å². The topological polar surface area (TPSA) is 57.9 Å². The minimum atomic E-state index is -0.0956. The van der Waals surface area contributed by atoms with Gasteiger partial charge in [-0.2, -0.15) is 5.26 Å². The van der Waals surface area contributed by atoms with Crippen molar-refractivity contribution in [3.63, 3.8) is 0 Å². The van der Waals surface area contributed by atoms with Crippen LogP contribution in [-0.4, -0.2) is 11.6 Å². The van der Waals surface area contributed by atoms with Gasteiger partial charge in [0, 0.05) is 31.3 Å². The molecule has 24 heavy (non-hydrogen) atoms. The second-order valence-corrected chi connectivity index (χ2v) is 9.17. The van der Waals surface area contributed by atoms with Crippen molar-refractivity contribution >= 4 is 11.6 Å². The zero-order chi connectivity index (χ0) is 17.1. The second-order valence-electron chi connectivity index (χ2n) is 9.17. The highest BCUT2D eigenvalue weighted by Gasteiger charge is 2.62. The monoisotopic (exact) mass is 325 g/mol. The SMILES string of the molecule is CC12CC(=O)C3C(CCC4CC(=O)CCC43C)C1CC/C2=C/C#N. The van der Waals surface area contributed by atoms with Gasteiger partial charge in [0.1, 0.15) is 11.6 Å². The molecule has 4 fully saturated rings. The van der Waals surface area contributed by atoms with Gasteiger partial charge in [0.25, 0.3) is 0 Å².